The molecule has 9 aromatic rings. The molecule has 10 rings (SSSR count). The summed E-state index contributed by atoms with van der Waals surface area (Å²) in [5, 5.41) is 7.39. The van der Waals surface area contributed by atoms with Crippen LogP contribution in [0, 0.1) is 0 Å². The monoisotopic (exact) mass is 570 g/mol. The van der Waals surface area contributed by atoms with Gasteiger partial charge in [0, 0.05) is 16.3 Å². The van der Waals surface area contributed by atoms with E-state index in [0.29, 0.717) is 0 Å². The van der Waals surface area contributed by atoms with Gasteiger partial charge >= 0.3 is 0 Å². The maximum atomic E-state index is 6.56. The topological polar surface area (TPSA) is 13.1 Å². The number of fused-ring (bicyclic) bond motifs is 10. The third kappa shape index (κ3) is 3.44. The highest BCUT2D eigenvalue weighted by Crippen LogP contribution is 2.53. The van der Waals surface area contributed by atoms with E-state index in [0.717, 1.165) is 33.1 Å². The number of hydrogen-bond acceptors (Lipinski definition) is 1. The summed E-state index contributed by atoms with van der Waals surface area (Å²) in [4.78, 5) is 0. The van der Waals surface area contributed by atoms with Crippen LogP contribution in [0.3, 0.4) is 0 Å². The molecule has 1 aliphatic rings. The van der Waals surface area contributed by atoms with Crippen molar-refractivity contribution >= 4 is 43.5 Å². The summed E-state index contributed by atoms with van der Waals surface area (Å²) in [5.74, 6) is 0. The molecular weight excluding hydrogens is 544 g/mol. The van der Waals surface area contributed by atoms with E-state index in [1.165, 1.54) is 66.1 Å². The van der Waals surface area contributed by atoms with Gasteiger partial charge < -0.3 is 4.42 Å². The first-order valence-electron chi connectivity index (χ1n) is 15.5. The molecule has 208 valence electrons. The lowest BCUT2D eigenvalue weighted by atomic mass is 9.84. The van der Waals surface area contributed by atoms with E-state index in [9.17, 15) is 0 Å². The molecular formula is C44H26O. The fourth-order valence-corrected chi connectivity index (χ4v) is 7.73. The SMILES string of the molecule is c1ccc(-c2cccc3c2oc2ccc(-c4c5ccccc5c5c6c(cccc46)-c4ccccc4-c4ccccc4-5)cc23)cc1. The highest BCUT2D eigenvalue weighted by molar-refractivity contribution is 6.27. The van der Waals surface area contributed by atoms with Crippen molar-refractivity contribution < 1.29 is 4.42 Å². The molecule has 0 radical (unpaired) electrons. The van der Waals surface area contributed by atoms with Crippen LogP contribution in [0.2, 0.25) is 0 Å². The van der Waals surface area contributed by atoms with Gasteiger partial charge in [-0.25, -0.2) is 0 Å². The lowest BCUT2D eigenvalue weighted by Gasteiger charge is -2.19. The van der Waals surface area contributed by atoms with Gasteiger partial charge in [-0.1, -0.05) is 146 Å². The van der Waals surface area contributed by atoms with E-state index >= 15 is 0 Å². The molecule has 0 amide bonds. The number of hydrogen-bond donors (Lipinski definition) is 0. The first-order chi connectivity index (χ1) is 22.3. The molecule has 0 saturated carbocycles. The van der Waals surface area contributed by atoms with Gasteiger partial charge in [0.05, 0.1) is 0 Å². The molecule has 0 unspecified atom stereocenters. The largest absolute Gasteiger partial charge is 0.455 e. The minimum Gasteiger partial charge on any atom is -0.455 e. The van der Waals surface area contributed by atoms with Crippen molar-refractivity contribution in [2.24, 2.45) is 0 Å². The summed E-state index contributed by atoms with van der Waals surface area (Å²) in [6.07, 6.45) is 0. The summed E-state index contributed by atoms with van der Waals surface area (Å²) >= 11 is 0. The third-order valence-electron chi connectivity index (χ3n) is 9.62. The first-order valence-corrected chi connectivity index (χ1v) is 15.5. The molecule has 1 heteroatoms. The quantitative estimate of drug-likeness (QED) is 0.188. The molecule has 1 aliphatic carbocycles. The van der Waals surface area contributed by atoms with Gasteiger partial charge in [0.15, 0.2) is 0 Å². The molecule has 1 aromatic heterocycles. The van der Waals surface area contributed by atoms with Crippen LogP contribution < -0.4 is 0 Å². The Morgan fingerprint density at radius 3 is 1.64 bits per heavy atom. The Bertz CT molecular complexity index is 2640. The van der Waals surface area contributed by atoms with Gasteiger partial charge in [0.2, 0.25) is 0 Å². The highest BCUT2D eigenvalue weighted by atomic mass is 16.3. The summed E-state index contributed by atoms with van der Waals surface area (Å²) in [6.45, 7) is 0. The molecule has 0 bridgehead atoms. The third-order valence-corrected chi connectivity index (χ3v) is 9.62. The zero-order valence-electron chi connectivity index (χ0n) is 24.4. The lowest BCUT2D eigenvalue weighted by Crippen LogP contribution is -1.92. The highest BCUT2D eigenvalue weighted by Gasteiger charge is 2.25. The number of benzene rings is 8. The van der Waals surface area contributed by atoms with Crippen molar-refractivity contribution in [2.75, 3.05) is 0 Å². The predicted molar refractivity (Wildman–Crippen MR) is 189 cm³/mol. The summed E-state index contributed by atoms with van der Waals surface area (Å²) in [6, 6.07) is 57.3. The lowest BCUT2D eigenvalue weighted by molar-refractivity contribution is 0.670. The number of para-hydroxylation sites is 1. The standard InChI is InChI=1S/C44H26O/c1-2-12-27(13-3-1)29-20-10-22-37-39-26-28(24-25-40(39)45-44(29)37)41-35-18-8-9-19-36(35)42-33-17-7-6-16-31(33)30-14-4-5-15-32(30)34-21-11-23-38(41)43(34)42/h1-26H. The van der Waals surface area contributed by atoms with Gasteiger partial charge in [-0.05, 0) is 83.7 Å². The van der Waals surface area contributed by atoms with Crippen LogP contribution in [-0.4, -0.2) is 0 Å². The maximum Gasteiger partial charge on any atom is 0.143 e. The van der Waals surface area contributed by atoms with Crippen LogP contribution in [0.5, 0.6) is 0 Å². The van der Waals surface area contributed by atoms with Crippen LogP contribution in [-0.2, 0) is 0 Å². The Morgan fingerprint density at radius 2 is 0.867 bits per heavy atom. The fourth-order valence-electron chi connectivity index (χ4n) is 7.73. The Balaban J connectivity index is 1.33. The molecule has 1 nitrogen and oxygen atoms in total. The van der Waals surface area contributed by atoms with Crippen LogP contribution >= 0.6 is 0 Å². The fraction of sp³-hybridized carbons (Fsp3) is 0. The second kappa shape index (κ2) is 9.29. The molecule has 0 atom stereocenters. The minimum absolute atomic E-state index is 0.906. The first kappa shape index (κ1) is 24.5. The molecule has 0 fully saturated rings. The van der Waals surface area contributed by atoms with Crippen molar-refractivity contribution in [3.8, 4) is 55.6 Å². The summed E-state index contributed by atoms with van der Waals surface area (Å²) < 4.78 is 6.56. The molecule has 8 aromatic carbocycles. The zero-order chi connectivity index (χ0) is 29.5. The van der Waals surface area contributed by atoms with Crippen LogP contribution in [0.4, 0.5) is 0 Å². The van der Waals surface area contributed by atoms with E-state index in [1.807, 2.05) is 0 Å². The van der Waals surface area contributed by atoms with Crippen molar-refractivity contribution in [1.82, 2.24) is 0 Å². The minimum atomic E-state index is 0.906. The predicted octanol–water partition coefficient (Wildman–Crippen LogP) is 12.5. The molecule has 0 spiro atoms. The second-order valence-corrected chi connectivity index (χ2v) is 12.0. The Hall–Kier alpha value is -5.92. The van der Waals surface area contributed by atoms with Crippen molar-refractivity contribution in [3.05, 3.63) is 158 Å². The average Bonchev–Trinajstić information content (AvgIpc) is 3.43. The smallest absolute Gasteiger partial charge is 0.143 e. The van der Waals surface area contributed by atoms with Crippen LogP contribution in [0.15, 0.2) is 162 Å². The second-order valence-electron chi connectivity index (χ2n) is 12.0. The normalized spacial score (nSPS) is 12.0. The van der Waals surface area contributed by atoms with Crippen LogP contribution in [0.1, 0.15) is 0 Å². The van der Waals surface area contributed by atoms with Gasteiger partial charge in [-0.3, -0.25) is 0 Å². The molecule has 1 heterocycles. The van der Waals surface area contributed by atoms with Crippen LogP contribution in [0.25, 0.3) is 99.1 Å². The van der Waals surface area contributed by atoms with E-state index in [4.69, 9.17) is 4.42 Å². The van der Waals surface area contributed by atoms with E-state index in [-0.39, 0.29) is 0 Å². The van der Waals surface area contributed by atoms with E-state index in [2.05, 4.69) is 158 Å². The summed E-state index contributed by atoms with van der Waals surface area (Å²) in [7, 11) is 0. The molecule has 45 heavy (non-hydrogen) atoms. The van der Waals surface area contributed by atoms with Crippen molar-refractivity contribution in [1.29, 1.82) is 0 Å². The van der Waals surface area contributed by atoms with Gasteiger partial charge in [-0.2, -0.15) is 0 Å². The summed E-state index contributed by atoms with van der Waals surface area (Å²) in [5.41, 5.74) is 14.3. The Kier molecular flexibility index (Phi) is 5.06. The zero-order valence-corrected chi connectivity index (χ0v) is 24.4. The Morgan fingerprint density at radius 1 is 0.311 bits per heavy atom. The maximum absolute atomic E-state index is 6.56. The van der Waals surface area contributed by atoms with Crippen molar-refractivity contribution in [2.45, 2.75) is 0 Å². The average molecular weight is 571 g/mol. The van der Waals surface area contributed by atoms with E-state index < -0.39 is 0 Å². The Labute approximate surface area is 260 Å². The van der Waals surface area contributed by atoms with Gasteiger partial charge in [0.1, 0.15) is 11.2 Å². The van der Waals surface area contributed by atoms with E-state index in [1.54, 1.807) is 0 Å². The van der Waals surface area contributed by atoms with Gasteiger partial charge in [0.25, 0.3) is 0 Å². The molecule has 0 N–H and O–H groups in total. The van der Waals surface area contributed by atoms with Crippen molar-refractivity contribution in [3.63, 3.8) is 0 Å². The number of rotatable bonds is 2. The molecule has 0 aliphatic heterocycles. The number of furan rings is 1. The molecule has 0 saturated heterocycles. The van der Waals surface area contributed by atoms with Gasteiger partial charge in [-0.15, -0.1) is 0 Å².